The van der Waals surface area contributed by atoms with Crippen molar-refractivity contribution in [1.82, 2.24) is 10.2 Å². The maximum Gasteiger partial charge on any atom is 0.264 e. The van der Waals surface area contributed by atoms with Crippen molar-refractivity contribution in [2.75, 3.05) is 30.5 Å². The number of hydrogen-bond donors (Lipinski definition) is 1. The molecule has 31 heavy (non-hydrogen) atoms. The lowest BCUT2D eigenvalue weighted by Crippen LogP contribution is -2.46. The molecule has 1 N–H and O–H groups in total. The van der Waals surface area contributed by atoms with E-state index in [0.29, 0.717) is 24.3 Å². The summed E-state index contributed by atoms with van der Waals surface area (Å²) in [6.07, 6.45) is 0. The van der Waals surface area contributed by atoms with Gasteiger partial charge in [0.15, 0.2) is 0 Å². The topological polar surface area (TPSA) is 69.7 Å². The highest BCUT2D eigenvalue weighted by atomic mass is 32.2. The van der Waals surface area contributed by atoms with Crippen LogP contribution in [-0.2, 0) is 16.6 Å². The van der Waals surface area contributed by atoms with Gasteiger partial charge in [-0.15, -0.1) is 0 Å². The molecule has 1 fully saturated rings. The summed E-state index contributed by atoms with van der Waals surface area (Å²) in [6, 6.07) is 24.8. The normalized spacial score (nSPS) is 14.3. The molecule has 1 saturated heterocycles. The highest BCUT2D eigenvalue weighted by Crippen LogP contribution is 2.26. The van der Waals surface area contributed by atoms with Crippen LogP contribution in [-0.4, -0.2) is 45.4 Å². The predicted molar refractivity (Wildman–Crippen MR) is 121 cm³/mol. The summed E-state index contributed by atoms with van der Waals surface area (Å²) >= 11 is 0. The van der Waals surface area contributed by atoms with E-state index < -0.39 is 10.0 Å². The first-order chi connectivity index (χ1) is 15.1. The summed E-state index contributed by atoms with van der Waals surface area (Å²) in [4.78, 5) is 14.8. The first-order valence-corrected chi connectivity index (χ1v) is 11.7. The van der Waals surface area contributed by atoms with Crippen molar-refractivity contribution in [2.45, 2.75) is 11.4 Å². The lowest BCUT2D eigenvalue weighted by molar-refractivity contribution is 0.0735. The SMILES string of the molecule is O=C(c1cccc(S(=O)(=O)N(Cc2ccccc2)c2ccccc2)c1)N1CCNCC1. The molecular formula is C24H25N3O3S. The third-order valence-corrected chi connectivity index (χ3v) is 7.06. The van der Waals surface area contributed by atoms with Gasteiger partial charge in [-0.05, 0) is 35.9 Å². The fourth-order valence-corrected chi connectivity index (χ4v) is 5.13. The number of carbonyl (C=O) groups is 1. The van der Waals surface area contributed by atoms with E-state index >= 15 is 0 Å². The third-order valence-electron chi connectivity index (χ3n) is 5.29. The van der Waals surface area contributed by atoms with Gasteiger partial charge in [-0.25, -0.2) is 8.42 Å². The fraction of sp³-hybridized carbons (Fsp3) is 0.208. The number of amides is 1. The number of sulfonamides is 1. The Morgan fingerprint density at radius 3 is 2.19 bits per heavy atom. The molecule has 0 saturated carbocycles. The second-order valence-corrected chi connectivity index (χ2v) is 9.27. The number of piperazine rings is 1. The Balaban J connectivity index is 1.69. The van der Waals surface area contributed by atoms with Gasteiger partial charge in [0.1, 0.15) is 0 Å². The first kappa shape index (κ1) is 21.1. The van der Waals surface area contributed by atoms with E-state index in [1.54, 1.807) is 35.2 Å². The molecule has 1 aliphatic heterocycles. The number of rotatable bonds is 6. The number of anilines is 1. The van der Waals surface area contributed by atoms with E-state index in [4.69, 9.17) is 0 Å². The lowest BCUT2D eigenvalue weighted by atomic mass is 10.2. The minimum Gasteiger partial charge on any atom is -0.336 e. The predicted octanol–water partition coefficient (Wildman–Crippen LogP) is 3.13. The molecule has 0 aromatic heterocycles. The maximum atomic E-state index is 13.7. The second-order valence-electron chi connectivity index (χ2n) is 7.40. The Kier molecular flexibility index (Phi) is 6.34. The average molecular weight is 436 g/mol. The highest BCUT2D eigenvalue weighted by Gasteiger charge is 2.27. The minimum absolute atomic E-state index is 0.105. The number of nitrogens with zero attached hydrogens (tertiary/aromatic N) is 2. The van der Waals surface area contributed by atoms with E-state index in [-0.39, 0.29) is 17.3 Å². The Morgan fingerprint density at radius 1 is 0.871 bits per heavy atom. The zero-order valence-corrected chi connectivity index (χ0v) is 18.0. The summed E-state index contributed by atoms with van der Waals surface area (Å²) in [5.74, 6) is -0.145. The highest BCUT2D eigenvalue weighted by molar-refractivity contribution is 7.92. The van der Waals surface area contributed by atoms with Gasteiger partial charge < -0.3 is 10.2 Å². The van der Waals surface area contributed by atoms with Crippen LogP contribution in [0.2, 0.25) is 0 Å². The van der Waals surface area contributed by atoms with Crippen molar-refractivity contribution in [3.05, 3.63) is 96.1 Å². The van der Waals surface area contributed by atoms with Crippen molar-refractivity contribution in [3.63, 3.8) is 0 Å². The number of carbonyl (C=O) groups excluding carboxylic acids is 1. The zero-order valence-electron chi connectivity index (χ0n) is 17.1. The van der Waals surface area contributed by atoms with Crippen LogP contribution < -0.4 is 9.62 Å². The Morgan fingerprint density at radius 2 is 1.52 bits per heavy atom. The summed E-state index contributed by atoms with van der Waals surface area (Å²) in [7, 11) is -3.89. The molecule has 3 aromatic rings. The molecule has 6 nitrogen and oxygen atoms in total. The maximum absolute atomic E-state index is 13.7. The molecular weight excluding hydrogens is 410 g/mol. The molecule has 1 aliphatic rings. The van der Waals surface area contributed by atoms with Gasteiger partial charge >= 0.3 is 0 Å². The average Bonchev–Trinajstić information content (AvgIpc) is 2.84. The number of para-hydroxylation sites is 1. The van der Waals surface area contributed by atoms with Gasteiger partial charge in [-0.1, -0.05) is 54.6 Å². The van der Waals surface area contributed by atoms with Crippen molar-refractivity contribution in [1.29, 1.82) is 0 Å². The molecule has 0 bridgehead atoms. The van der Waals surface area contributed by atoms with Gasteiger partial charge in [-0.3, -0.25) is 9.10 Å². The van der Waals surface area contributed by atoms with E-state index in [2.05, 4.69) is 5.32 Å². The number of hydrogen-bond acceptors (Lipinski definition) is 4. The van der Waals surface area contributed by atoms with Crippen molar-refractivity contribution in [2.24, 2.45) is 0 Å². The fourth-order valence-electron chi connectivity index (χ4n) is 3.63. The van der Waals surface area contributed by atoms with Crippen LogP contribution in [0.5, 0.6) is 0 Å². The van der Waals surface area contributed by atoms with Gasteiger partial charge in [0.05, 0.1) is 17.1 Å². The minimum atomic E-state index is -3.89. The van der Waals surface area contributed by atoms with E-state index in [1.165, 1.54) is 10.4 Å². The molecule has 4 rings (SSSR count). The first-order valence-electron chi connectivity index (χ1n) is 10.3. The zero-order chi connectivity index (χ0) is 21.7. The van der Waals surface area contributed by atoms with Crippen LogP contribution in [0.15, 0.2) is 89.8 Å². The second kappa shape index (κ2) is 9.32. The lowest BCUT2D eigenvalue weighted by Gasteiger charge is -2.28. The van der Waals surface area contributed by atoms with Crippen LogP contribution in [0.1, 0.15) is 15.9 Å². The van der Waals surface area contributed by atoms with Gasteiger partial charge in [0, 0.05) is 31.7 Å². The van der Waals surface area contributed by atoms with Crippen LogP contribution in [0.4, 0.5) is 5.69 Å². The molecule has 3 aromatic carbocycles. The van der Waals surface area contributed by atoms with Gasteiger partial charge in [0.25, 0.3) is 15.9 Å². The van der Waals surface area contributed by atoms with E-state index in [1.807, 2.05) is 48.5 Å². The molecule has 1 heterocycles. The number of nitrogens with one attached hydrogen (secondary N) is 1. The van der Waals surface area contributed by atoms with Crippen molar-refractivity contribution >= 4 is 21.6 Å². The summed E-state index contributed by atoms with van der Waals surface area (Å²) in [6.45, 7) is 2.90. The monoisotopic (exact) mass is 435 g/mol. The Labute approximate surface area is 183 Å². The molecule has 0 spiro atoms. The molecule has 1 amide bonds. The van der Waals surface area contributed by atoms with Crippen LogP contribution >= 0.6 is 0 Å². The molecule has 0 aliphatic carbocycles. The van der Waals surface area contributed by atoms with Crippen LogP contribution in [0, 0.1) is 0 Å². The summed E-state index contributed by atoms with van der Waals surface area (Å²) < 4.78 is 28.7. The summed E-state index contributed by atoms with van der Waals surface area (Å²) in [5.41, 5.74) is 1.84. The summed E-state index contributed by atoms with van der Waals surface area (Å²) in [5, 5.41) is 3.22. The quantitative estimate of drug-likeness (QED) is 0.646. The molecule has 0 unspecified atom stereocenters. The smallest absolute Gasteiger partial charge is 0.264 e. The molecule has 0 radical (unpaired) electrons. The standard InChI is InChI=1S/C24H25N3O3S/c28-24(26-16-14-25-15-17-26)21-10-7-13-23(18-21)31(29,30)27(22-11-5-2-6-12-22)19-20-8-3-1-4-9-20/h1-13,18,25H,14-17,19H2. The van der Waals surface area contributed by atoms with Gasteiger partial charge in [0.2, 0.25) is 0 Å². The van der Waals surface area contributed by atoms with Crippen molar-refractivity contribution in [3.8, 4) is 0 Å². The Bertz CT molecular complexity index is 1130. The van der Waals surface area contributed by atoms with E-state index in [0.717, 1.165) is 18.7 Å². The molecule has 0 atom stereocenters. The molecule has 160 valence electrons. The van der Waals surface area contributed by atoms with E-state index in [9.17, 15) is 13.2 Å². The van der Waals surface area contributed by atoms with Crippen LogP contribution in [0.3, 0.4) is 0 Å². The molecule has 7 heteroatoms. The van der Waals surface area contributed by atoms with Crippen LogP contribution in [0.25, 0.3) is 0 Å². The third kappa shape index (κ3) is 4.78. The van der Waals surface area contributed by atoms with Crippen molar-refractivity contribution < 1.29 is 13.2 Å². The largest absolute Gasteiger partial charge is 0.336 e. The Hall–Kier alpha value is -3.16. The van der Waals surface area contributed by atoms with Gasteiger partial charge in [-0.2, -0.15) is 0 Å². The number of benzene rings is 3.